The molecule has 1 aliphatic rings. The van der Waals surface area contributed by atoms with E-state index in [9.17, 15) is 0 Å². The highest BCUT2D eigenvalue weighted by atomic mass is 35.5. The number of rotatable bonds is 2. The minimum absolute atomic E-state index is 0.593. The van der Waals surface area contributed by atoms with Gasteiger partial charge < -0.3 is 0 Å². The molecule has 2 unspecified atom stereocenters. The Balaban J connectivity index is 2.02. The Morgan fingerprint density at radius 3 is 3.00 bits per heavy atom. The Bertz CT molecular complexity index is 354. The zero-order valence-corrected chi connectivity index (χ0v) is 10.7. The Kier molecular flexibility index (Phi) is 3.82. The van der Waals surface area contributed by atoms with Crippen molar-refractivity contribution in [1.82, 2.24) is 9.88 Å². The van der Waals surface area contributed by atoms with Crippen LogP contribution >= 0.6 is 11.6 Å². The molecule has 2 rings (SSSR count). The van der Waals surface area contributed by atoms with Gasteiger partial charge in [0, 0.05) is 25.3 Å². The second kappa shape index (κ2) is 5.15. The molecule has 0 radical (unpaired) electrons. The largest absolute Gasteiger partial charge is 0.296 e. The van der Waals surface area contributed by atoms with Crippen LogP contribution in [0.5, 0.6) is 0 Å². The number of pyridine rings is 1. The van der Waals surface area contributed by atoms with Crippen molar-refractivity contribution in [3.05, 3.63) is 29.0 Å². The van der Waals surface area contributed by atoms with Crippen LogP contribution in [0.2, 0.25) is 5.15 Å². The second-order valence-electron chi connectivity index (χ2n) is 4.95. The summed E-state index contributed by atoms with van der Waals surface area (Å²) in [7, 11) is 0. The smallest absolute Gasteiger partial charge is 0.129 e. The van der Waals surface area contributed by atoms with Crippen LogP contribution in [-0.4, -0.2) is 22.5 Å². The van der Waals surface area contributed by atoms with Crippen LogP contribution in [0.25, 0.3) is 0 Å². The normalized spacial score (nSPS) is 26.9. The maximum absolute atomic E-state index is 5.90. The van der Waals surface area contributed by atoms with Crippen LogP contribution in [0.1, 0.15) is 32.3 Å². The number of hydrogen-bond donors (Lipinski definition) is 0. The third-order valence-corrected chi connectivity index (χ3v) is 3.63. The van der Waals surface area contributed by atoms with E-state index in [2.05, 4.69) is 29.8 Å². The van der Waals surface area contributed by atoms with Crippen molar-refractivity contribution in [2.24, 2.45) is 5.92 Å². The summed E-state index contributed by atoms with van der Waals surface area (Å²) in [5, 5.41) is 0.593. The molecule has 2 heterocycles. The first-order valence-corrected chi connectivity index (χ1v) is 6.37. The van der Waals surface area contributed by atoms with E-state index in [4.69, 9.17) is 11.6 Å². The molecular weight excluding hydrogens is 220 g/mol. The van der Waals surface area contributed by atoms with Crippen molar-refractivity contribution in [1.29, 1.82) is 0 Å². The molecule has 88 valence electrons. The summed E-state index contributed by atoms with van der Waals surface area (Å²) in [6, 6.07) is 4.70. The number of nitrogens with zero attached hydrogens (tertiary/aromatic N) is 2. The van der Waals surface area contributed by atoms with E-state index >= 15 is 0 Å². The van der Waals surface area contributed by atoms with Crippen molar-refractivity contribution >= 4 is 11.6 Å². The van der Waals surface area contributed by atoms with E-state index in [1.165, 1.54) is 24.9 Å². The summed E-state index contributed by atoms with van der Waals surface area (Å²) in [5.74, 6) is 0.813. The van der Waals surface area contributed by atoms with Gasteiger partial charge in [0.2, 0.25) is 0 Å². The van der Waals surface area contributed by atoms with Gasteiger partial charge in [-0.05, 0) is 43.4 Å². The van der Waals surface area contributed by atoms with E-state index in [0.717, 1.165) is 12.5 Å². The van der Waals surface area contributed by atoms with Gasteiger partial charge >= 0.3 is 0 Å². The van der Waals surface area contributed by atoms with Crippen LogP contribution in [0.15, 0.2) is 18.3 Å². The first-order valence-electron chi connectivity index (χ1n) is 5.99. The van der Waals surface area contributed by atoms with Gasteiger partial charge in [-0.2, -0.15) is 0 Å². The lowest BCUT2D eigenvalue weighted by atomic mass is 9.94. The van der Waals surface area contributed by atoms with E-state index in [1.807, 2.05) is 6.07 Å². The molecule has 0 spiro atoms. The highest BCUT2D eigenvalue weighted by molar-refractivity contribution is 6.29. The monoisotopic (exact) mass is 238 g/mol. The van der Waals surface area contributed by atoms with Crippen molar-refractivity contribution < 1.29 is 0 Å². The molecular formula is C13H19ClN2. The van der Waals surface area contributed by atoms with Crippen LogP contribution in [0.4, 0.5) is 0 Å². The zero-order chi connectivity index (χ0) is 11.5. The topological polar surface area (TPSA) is 16.1 Å². The quantitative estimate of drug-likeness (QED) is 0.735. The van der Waals surface area contributed by atoms with Crippen LogP contribution < -0.4 is 0 Å². The molecule has 1 fully saturated rings. The first kappa shape index (κ1) is 11.9. The second-order valence-corrected chi connectivity index (χ2v) is 5.34. The Hall–Kier alpha value is -0.600. The third kappa shape index (κ3) is 2.96. The van der Waals surface area contributed by atoms with Gasteiger partial charge in [0.15, 0.2) is 0 Å². The van der Waals surface area contributed by atoms with Gasteiger partial charge in [-0.25, -0.2) is 4.98 Å². The lowest BCUT2D eigenvalue weighted by Crippen LogP contribution is -2.40. The lowest BCUT2D eigenvalue weighted by molar-refractivity contribution is 0.117. The fourth-order valence-corrected chi connectivity index (χ4v) is 2.57. The minimum Gasteiger partial charge on any atom is -0.296 e. The summed E-state index contributed by atoms with van der Waals surface area (Å²) in [6.45, 7) is 6.84. The number of piperidine rings is 1. The molecule has 3 heteroatoms. The molecule has 1 aromatic rings. The summed E-state index contributed by atoms with van der Waals surface area (Å²) < 4.78 is 0. The summed E-state index contributed by atoms with van der Waals surface area (Å²) >= 11 is 5.90. The van der Waals surface area contributed by atoms with Crippen LogP contribution in [0.3, 0.4) is 0 Å². The van der Waals surface area contributed by atoms with E-state index in [1.54, 1.807) is 6.20 Å². The van der Waals surface area contributed by atoms with Crippen LogP contribution in [0, 0.1) is 5.92 Å². The maximum Gasteiger partial charge on any atom is 0.129 e. The van der Waals surface area contributed by atoms with Crippen LogP contribution in [-0.2, 0) is 6.54 Å². The van der Waals surface area contributed by atoms with Crippen molar-refractivity contribution in [3.8, 4) is 0 Å². The van der Waals surface area contributed by atoms with Gasteiger partial charge in [-0.1, -0.05) is 18.5 Å². The molecule has 2 atom stereocenters. The molecule has 0 aromatic carbocycles. The molecule has 2 nitrogen and oxygen atoms in total. The average Bonchev–Trinajstić information content (AvgIpc) is 2.24. The predicted molar refractivity (Wildman–Crippen MR) is 67.5 cm³/mol. The molecule has 1 aliphatic heterocycles. The maximum atomic E-state index is 5.90. The fourth-order valence-electron chi connectivity index (χ4n) is 2.38. The van der Waals surface area contributed by atoms with E-state index < -0.39 is 0 Å². The van der Waals surface area contributed by atoms with Gasteiger partial charge in [-0.15, -0.1) is 0 Å². The summed E-state index contributed by atoms with van der Waals surface area (Å²) in [6.07, 6.45) is 4.45. The van der Waals surface area contributed by atoms with Crippen molar-refractivity contribution in [2.45, 2.75) is 39.3 Å². The molecule has 0 aliphatic carbocycles. The van der Waals surface area contributed by atoms with Crippen molar-refractivity contribution in [3.63, 3.8) is 0 Å². The number of halogens is 1. The standard InChI is InChI=1S/C13H19ClN2/c1-10-3-4-11(2)16(8-10)9-12-5-6-15-13(14)7-12/h5-7,10-11H,3-4,8-9H2,1-2H3. The van der Waals surface area contributed by atoms with E-state index in [0.29, 0.717) is 11.2 Å². The average molecular weight is 239 g/mol. The van der Waals surface area contributed by atoms with Gasteiger partial charge in [0.05, 0.1) is 0 Å². The molecule has 0 bridgehead atoms. The van der Waals surface area contributed by atoms with Crippen molar-refractivity contribution in [2.75, 3.05) is 6.54 Å². The molecule has 0 amide bonds. The number of aromatic nitrogens is 1. The zero-order valence-electron chi connectivity index (χ0n) is 9.99. The molecule has 0 N–H and O–H groups in total. The third-order valence-electron chi connectivity index (χ3n) is 3.42. The Morgan fingerprint density at radius 1 is 1.44 bits per heavy atom. The number of hydrogen-bond acceptors (Lipinski definition) is 2. The predicted octanol–water partition coefficient (Wildman–Crippen LogP) is 3.36. The first-order chi connectivity index (χ1) is 7.65. The lowest BCUT2D eigenvalue weighted by Gasteiger charge is -2.36. The van der Waals surface area contributed by atoms with Gasteiger partial charge in [0.25, 0.3) is 0 Å². The Morgan fingerprint density at radius 2 is 2.25 bits per heavy atom. The molecule has 16 heavy (non-hydrogen) atoms. The SMILES string of the molecule is CC1CCC(C)N(Cc2ccnc(Cl)c2)C1. The molecule has 1 aromatic heterocycles. The summed E-state index contributed by atoms with van der Waals surface area (Å²) in [5.41, 5.74) is 1.26. The Labute approximate surface area is 103 Å². The highest BCUT2D eigenvalue weighted by Crippen LogP contribution is 2.23. The molecule has 0 saturated carbocycles. The van der Waals surface area contributed by atoms with Gasteiger partial charge in [0.1, 0.15) is 5.15 Å². The van der Waals surface area contributed by atoms with E-state index in [-0.39, 0.29) is 0 Å². The molecule has 1 saturated heterocycles. The number of likely N-dealkylation sites (tertiary alicyclic amines) is 1. The highest BCUT2D eigenvalue weighted by Gasteiger charge is 2.22. The minimum atomic E-state index is 0.593. The fraction of sp³-hybridized carbons (Fsp3) is 0.615. The van der Waals surface area contributed by atoms with Gasteiger partial charge in [-0.3, -0.25) is 4.90 Å². The summed E-state index contributed by atoms with van der Waals surface area (Å²) in [4.78, 5) is 6.56.